The van der Waals surface area contributed by atoms with E-state index in [1.165, 1.54) is 71.9 Å². The van der Waals surface area contributed by atoms with Crippen molar-refractivity contribution >= 4 is 29.8 Å². The van der Waals surface area contributed by atoms with Crippen LogP contribution in [0.5, 0.6) is 0 Å². The number of piperazine rings is 2. The number of nitrogens with zero attached hydrogens (tertiary/aromatic N) is 7. The zero-order valence-electron chi connectivity index (χ0n) is 45.3. The Hall–Kier alpha value is -3.94. The lowest BCUT2D eigenvalue weighted by molar-refractivity contribution is -0.119. The number of ketones is 1. The second kappa shape index (κ2) is 24.2. The predicted molar refractivity (Wildman–Crippen MR) is 300 cm³/mol. The summed E-state index contributed by atoms with van der Waals surface area (Å²) in [6, 6.07) is 27.4. The molecule has 3 N–H and O–H groups in total. The largest absolute Gasteiger partial charge is 0.395 e. The third-order valence-electron chi connectivity index (χ3n) is 17.2. The molecule has 10 rings (SSSR count). The Morgan fingerprint density at radius 3 is 1.39 bits per heavy atom. The number of halogens is 1. The van der Waals surface area contributed by atoms with E-state index in [2.05, 4.69) is 158 Å². The van der Waals surface area contributed by atoms with Crippen LogP contribution in [-0.4, -0.2) is 152 Å². The van der Waals surface area contributed by atoms with Crippen molar-refractivity contribution in [2.24, 2.45) is 0 Å². The van der Waals surface area contributed by atoms with E-state index in [-0.39, 0.29) is 40.7 Å². The first-order chi connectivity index (χ1) is 34.0. The highest BCUT2D eigenvalue weighted by molar-refractivity contribution is 5.85. The fraction of sp³-hybridized carbons (Fsp3) is 0.617. The lowest BCUT2D eigenvalue weighted by atomic mass is 9.63. The Labute approximate surface area is 439 Å². The summed E-state index contributed by atoms with van der Waals surface area (Å²) in [5.41, 5.74) is 11.4. The highest BCUT2D eigenvalue weighted by Gasteiger charge is 2.39. The van der Waals surface area contributed by atoms with Crippen LogP contribution < -0.4 is 15.1 Å². The van der Waals surface area contributed by atoms with E-state index in [0.29, 0.717) is 31.3 Å². The maximum absolute atomic E-state index is 11.5. The molecule has 2 aliphatic carbocycles. The van der Waals surface area contributed by atoms with Gasteiger partial charge in [0.1, 0.15) is 17.4 Å². The van der Waals surface area contributed by atoms with Crippen molar-refractivity contribution in [3.05, 3.63) is 95.1 Å². The summed E-state index contributed by atoms with van der Waals surface area (Å²) in [5.74, 6) is 2.46. The van der Waals surface area contributed by atoms with Crippen molar-refractivity contribution in [1.82, 2.24) is 30.0 Å². The van der Waals surface area contributed by atoms with E-state index in [4.69, 9.17) is 15.1 Å². The first-order valence-electron chi connectivity index (χ1n) is 27.3. The van der Waals surface area contributed by atoms with Crippen molar-refractivity contribution in [3.8, 4) is 22.5 Å². The number of aromatic nitrogens is 2. The van der Waals surface area contributed by atoms with Crippen LogP contribution in [0, 0.1) is 0 Å². The van der Waals surface area contributed by atoms with Crippen LogP contribution in [0.1, 0.15) is 129 Å². The third-order valence-corrected chi connectivity index (χ3v) is 17.2. The summed E-state index contributed by atoms with van der Waals surface area (Å²) in [5, 5.41) is 21.0. The number of nitrogens with one attached hydrogen (secondary N) is 1. The first kappa shape index (κ1) is 55.8. The van der Waals surface area contributed by atoms with Crippen molar-refractivity contribution < 1.29 is 15.0 Å². The van der Waals surface area contributed by atoms with Crippen LogP contribution in [0.2, 0.25) is 0 Å². The number of anilines is 2. The van der Waals surface area contributed by atoms with Crippen LogP contribution in [-0.2, 0) is 26.5 Å². The Morgan fingerprint density at radius 1 is 0.528 bits per heavy atom. The molecule has 0 radical (unpaired) electrons. The number of fused-ring (bicyclic) bond motifs is 2. The van der Waals surface area contributed by atoms with Crippen molar-refractivity contribution in [3.63, 3.8) is 0 Å². The molecule has 72 heavy (non-hydrogen) atoms. The SMILES string of the molecule is CC1(C)CCC(C)(C)c2cc(-c3cccc(N4CCC(=O)CC4)n3)ccc21.CC1(C)CCC(C)(C)c2cc(-c3cccc(N4CCC(N5CCN(CCO)CC5)CC4)n3)ccc21.Cl.OCCN1CCNCC1. The lowest BCUT2D eigenvalue weighted by Crippen LogP contribution is -2.53. The van der Waals surface area contributed by atoms with Crippen LogP contribution in [0.15, 0.2) is 72.8 Å². The monoisotopic (exact) mass is 1000 g/mol. The van der Waals surface area contributed by atoms with Gasteiger partial charge in [0.05, 0.1) is 24.6 Å². The second-order valence-electron chi connectivity index (χ2n) is 24.0. The summed E-state index contributed by atoms with van der Waals surface area (Å²) in [6.07, 6.45) is 8.59. The van der Waals surface area contributed by atoms with Gasteiger partial charge in [-0.05, 0) is 119 Å². The summed E-state index contributed by atoms with van der Waals surface area (Å²) < 4.78 is 0. The Morgan fingerprint density at radius 2 is 0.944 bits per heavy atom. The van der Waals surface area contributed by atoms with Crippen LogP contribution in [0.3, 0.4) is 0 Å². The van der Waals surface area contributed by atoms with Gasteiger partial charge in [-0.3, -0.25) is 19.5 Å². The first-order valence-corrected chi connectivity index (χ1v) is 27.3. The fourth-order valence-corrected chi connectivity index (χ4v) is 12.0. The zero-order valence-corrected chi connectivity index (χ0v) is 46.1. The van der Waals surface area contributed by atoms with Gasteiger partial charge in [0.2, 0.25) is 0 Å². The highest BCUT2D eigenvalue weighted by Crippen LogP contribution is 2.48. The number of aliphatic hydroxyl groups excluding tert-OH is 2. The molecular formula is C60H89ClN8O3. The van der Waals surface area contributed by atoms with Gasteiger partial charge in [-0.25, -0.2) is 9.97 Å². The molecular weight excluding hydrogens is 916 g/mol. The molecule has 2 aromatic carbocycles. The number of carbonyl (C=O) groups excluding carboxylic acids is 1. The third kappa shape index (κ3) is 13.5. The number of aliphatic hydroxyl groups is 2. The topological polar surface area (TPSA) is 112 Å². The van der Waals surface area contributed by atoms with Gasteiger partial charge in [-0.2, -0.15) is 0 Å². The number of hydrogen-bond donors (Lipinski definition) is 3. The summed E-state index contributed by atoms with van der Waals surface area (Å²) in [6.45, 7) is 33.6. The van der Waals surface area contributed by atoms with Gasteiger partial charge >= 0.3 is 0 Å². The Balaban J connectivity index is 0.000000182. The molecule has 4 saturated heterocycles. The summed E-state index contributed by atoms with van der Waals surface area (Å²) in [7, 11) is 0. The summed E-state index contributed by atoms with van der Waals surface area (Å²) in [4.78, 5) is 33.6. The molecule has 394 valence electrons. The number of piperidine rings is 2. The normalized spacial score (nSPS) is 22.0. The highest BCUT2D eigenvalue weighted by atomic mass is 35.5. The molecule has 0 amide bonds. The van der Waals surface area contributed by atoms with Gasteiger partial charge in [0.25, 0.3) is 0 Å². The van der Waals surface area contributed by atoms with Crippen LogP contribution >= 0.6 is 12.4 Å². The molecule has 0 saturated carbocycles. The van der Waals surface area contributed by atoms with Gasteiger partial charge in [0.15, 0.2) is 0 Å². The Kier molecular flexibility index (Phi) is 18.7. The number of benzene rings is 2. The number of rotatable bonds is 9. The minimum atomic E-state index is 0. The molecule has 0 spiro atoms. The molecule has 12 heteroatoms. The molecule has 0 atom stereocenters. The van der Waals surface area contributed by atoms with Crippen LogP contribution in [0.4, 0.5) is 11.6 Å². The number of Topliss-reactive ketones (excluding diaryl/α,β-unsaturated/α-hetero) is 1. The van der Waals surface area contributed by atoms with Gasteiger partial charge < -0.3 is 25.3 Å². The molecule has 11 nitrogen and oxygen atoms in total. The minimum absolute atomic E-state index is 0. The number of carbonyl (C=O) groups is 1. The molecule has 4 fully saturated rings. The smallest absolute Gasteiger partial charge is 0.136 e. The molecule has 4 aliphatic heterocycles. The van der Waals surface area contributed by atoms with E-state index >= 15 is 0 Å². The van der Waals surface area contributed by atoms with Gasteiger partial charge in [-0.1, -0.05) is 91.8 Å². The van der Waals surface area contributed by atoms with Gasteiger partial charge in [0, 0.05) is 122 Å². The average molecular weight is 1010 g/mol. The zero-order chi connectivity index (χ0) is 50.4. The van der Waals surface area contributed by atoms with E-state index < -0.39 is 0 Å². The van der Waals surface area contributed by atoms with Crippen LogP contribution in [0.25, 0.3) is 22.5 Å². The van der Waals surface area contributed by atoms with Gasteiger partial charge in [-0.15, -0.1) is 12.4 Å². The number of pyridine rings is 2. The maximum Gasteiger partial charge on any atom is 0.136 e. The summed E-state index contributed by atoms with van der Waals surface area (Å²) >= 11 is 0. The average Bonchev–Trinajstić information content (AvgIpc) is 3.38. The van der Waals surface area contributed by atoms with Crippen molar-refractivity contribution in [2.45, 2.75) is 134 Å². The predicted octanol–water partition coefficient (Wildman–Crippen LogP) is 9.25. The molecule has 0 bridgehead atoms. The maximum atomic E-state index is 11.5. The molecule has 0 unspecified atom stereocenters. The second-order valence-corrected chi connectivity index (χ2v) is 24.0. The number of hydrogen-bond acceptors (Lipinski definition) is 11. The van der Waals surface area contributed by atoms with E-state index in [9.17, 15) is 9.90 Å². The van der Waals surface area contributed by atoms with E-state index in [1.807, 2.05) is 0 Å². The molecule has 6 aliphatic rings. The molecule has 6 heterocycles. The lowest BCUT2D eigenvalue weighted by Gasteiger charge is -2.43. The van der Waals surface area contributed by atoms with E-state index in [0.717, 1.165) is 115 Å². The quantitative estimate of drug-likeness (QED) is 0.149. The molecule has 2 aromatic heterocycles. The molecule has 4 aromatic rings. The Bertz CT molecular complexity index is 2390. The van der Waals surface area contributed by atoms with E-state index in [1.54, 1.807) is 0 Å². The number of β-amino-alcohol motifs (C(OH)–C–C–N with tert-alkyl or cyclic N) is 2. The minimum Gasteiger partial charge on any atom is -0.395 e. The van der Waals surface area contributed by atoms with Crippen molar-refractivity contribution in [1.29, 1.82) is 0 Å². The van der Waals surface area contributed by atoms with Crippen molar-refractivity contribution in [2.75, 3.05) is 115 Å². The fourth-order valence-electron chi connectivity index (χ4n) is 12.0. The standard InChI is InChI=1S/C30H44N4O.C24H30N2O.C6H14N2O.ClH/c1-29(2)12-13-30(3,4)26-22-23(8-9-25(26)29)27-6-5-7-28(31-27)34-14-10-24(11-15-34)33-18-16-32(17-19-33)20-21-35;1-23(2)12-13-24(3,4)20-16-17(8-9-19(20)23)21-6-5-7-22(25-21)26-14-10-18(27)11-15-26;9-6-5-8-3-1-7-2-4-8;/h5-9,22,24,35H,10-21H2,1-4H3;5-9,16H,10-15H2,1-4H3;7,9H,1-6H2;1H.